The molecule has 1 amide bonds. The maximum atomic E-state index is 11.8. The summed E-state index contributed by atoms with van der Waals surface area (Å²) in [7, 11) is 4.10. The van der Waals surface area contributed by atoms with Gasteiger partial charge in [-0.25, -0.2) is 0 Å². The van der Waals surface area contributed by atoms with Gasteiger partial charge in [-0.1, -0.05) is 24.3 Å². The van der Waals surface area contributed by atoms with E-state index in [0.29, 0.717) is 6.54 Å². The number of amides is 1. The van der Waals surface area contributed by atoms with Crippen LogP contribution in [0.25, 0.3) is 6.08 Å². The van der Waals surface area contributed by atoms with E-state index >= 15 is 0 Å². The summed E-state index contributed by atoms with van der Waals surface area (Å²) in [5.74, 6) is -0.0647. The van der Waals surface area contributed by atoms with Crippen LogP contribution in [-0.4, -0.2) is 24.9 Å². The Morgan fingerprint density at radius 3 is 2.45 bits per heavy atom. The summed E-state index contributed by atoms with van der Waals surface area (Å²) >= 11 is 1.64. The standard InChI is InChI=1S/C18H22N2OS/c1-14-10-11-22-17(14)8-9-18(21)19-12-15-4-6-16(7-5-15)13-20(2)3/h4-11H,12-13H2,1-3H3,(H,19,21)/b9-8+. The lowest BCUT2D eigenvalue weighted by Gasteiger charge is -2.10. The number of aryl methyl sites for hydroxylation is 1. The highest BCUT2D eigenvalue weighted by Gasteiger charge is 2.00. The largest absolute Gasteiger partial charge is 0.348 e. The molecule has 2 aromatic rings. The lowest BCUT2D eigenvalue weighted by atomic mass is 10.1. The summed E-state index contributed by atoms with van der Waals surface area (Å²) < 4.78 is 0. The minimum atomic E-state index is -0.0647. The van der Waals surface area contributed by atoms with Gasteiger partial charge >= 0.3 is 0 Å². The second-order valence-corrected chi connectivity index (χ2v) is 6.52. The fourth-order valence-corrected chi connectivity index (χ4v) is 2.90. The van der Waals surface area contributed by atoms with Crippen molar-refractivity contribution in [3.8, 4) is 0 Å². The molecule has 0 spiro atoms. The number of hydrogen-bond donors (Lipinski definition) is 1. The molecular weight excluding hydrogens is 292 g/mol. The molecule has 0 aliphatic carbocycles. The zero-order chi connectivity index (χ0) is 15.9. The third-order valence-electron chi connectivity index (χ3n) is 3.28. The Hall–Kier alpha value is -1.91. The predicted octanol–water partition coefficient (Wildman–Crippen LogP) is 3.45. The molecule has 0 unspecified atom stereocenters. The van der Waals surface area contributed by atoms with E-state index in [1.807, 2.05) is 18.4 Å². The van der Waals surface area contributed by atoms with Crippen molar-refractivity contribution in [2.24, 2.45) is 0 Å². The molecule has 116 valence electrons. The van der Waals surface area contributed by atoms with E-state index in [0.717, 1.165) is 17.0 Å². The van der Waals surface area contributed by atoms with Crippen molar-refractivity contribution in [3.63, 3.8) is 0 Å². The molecule has 0 aliphatic heterocycles. The number of thiophene rings is 1. The van der Waals surface area contributed by atoms with Crippen LogP contribution in [0.15, 0.2) is 41.8 Å². The lowest BCUT2D eigenvalue weighted by Crippen LogP contribution is -2.20. The molecule has 1 aromatic heterocycles. The zero-order valence-corrected chi connectivity index (χ0v) is 14.1. The molecule has 0 fully saturated rings. The first-order valence-corrected chi connectivity index (χ1v) is 8.15. The van der Waals surface area contributed by atoms with Gasteiger partial charge in [0.2, 0.25) is 5.91 Å². The maximum Gasteiger partial charge on any atom is 0.244 e. The van der Waals surface area contributed by atoms with E-state index in [1.165, 1.54) is 11.1 Å². The Balaban J connectivity index is 1.83. The van der Waals surface area contributed by atoms with Crippen LogP contribution in [-0.2, 0) is 17.9 Å². The van der Waals surface area contributed by atoms with E-state index in [9.17, 15) is 4.79 Å². The molecule has 4 heteroatoms. The summed E-state index contributed by atoms with van der Waals surface area (Å²) in [6, 6.07) is 10.4. The number of carbonyl (C=O) groups excluding carboxylic acids is 1. The smallest absolute Gasteiger partial charge is 0.244 e. The summed E-state index contributed by atoms with van der Waals surface area (Å²) in [5.41, 5.74) is 3.58. The number of rotatable bonds is 6. The van der Waals surface area contributed by atoms with Crippen LogP contribution in [0.2, 0.25) is 0 Å². The zero-order valence-electron chi connectivity index (χ0n) is 13.3. The first-order chi connectivity index (χ1) is 10.5. The highest BCUT2D eigenvalue weighted by atomic mass is 32.1. The first-order valence-electron chi connectivity index (χ1n) is 7.27. The van der Waals surface area contributed by atoms with Gasteiger partial charge in [-0.05, 0) is 55.2 Å². The molecule has 0 atom stereocenters. The van der Waals surface area contributed by atoms with Crippen molar-refractivity contribution in [2.75, 3.05) is 14.1 Å². The van der Waals surface area contributed by atoms with Gasteiger partial charge in [-0.2, -0.15) is 0 Å². The topological polar surface area (TPSA) is 32.3 Å². The maximum absolute atomic E-state index is 11.8. The Kier molecular flexibility index (Phi) is 5.92. The second kappa shape index (κ2) is 7.92. The Morgan fingerprint density at radius 1 is 1.18 bits per heavy atom. The normalized spacial score (nSPS) is 11.3. The van der Waals surface area contributed by atoms with Crippen LogP contribution in [0, 0.1) is 6.92 Å². The average Bonchev–Trinajstić information content (AvgIpc) is 2.89. The molecular formula is C18H22N2OS. The molecule has 0 aliphatic rings. The molecule has 0 saturated carbocycles. The predicted molar refractivity (Wildman–Crippen MR) is 93.8 cm³/mol. The van der Waals surface area contributed by atoms with E-state index in [2.05, 4.69) is 54.6 Å². The summed E-state index contributed by atoms with van der Waals surface area (Å²) in [6.07, 6.45) is 3.47. The van der Waals surface area contributed by atoms with E-state index in [1.54, 1.807) is 17.4 Å². The van der Waals surface area contributed by atoms with Crippen LogP contribution in [0.3, 0.4) is 0 Å². The van der Waals surface area contributed by atoms with Crippen LogP contribution in [0.4, 0.5) is 0 Å². The number of benzene rings is 1. The molecule has 0 saturated heterocycles. The van der Waals surface area contributed by atoms with Gasteiger partial charge in [0.1, 0.15) is 0 Å². The molecule has 2 rings (SSSR count). The molecule has 0 bridgehead atoms. The van der Waals surface area contributed by atoms with Crippen molar-refractivity contribution in [1.29, 1.82) is 0 Å². The third-order valence-corrected chi connectivity index (χ3v) is 4.26. The van der Waals surface area contributed by atoms with E-state index in [4.69, 9.17) is 0 Å². The summed E-state index contributed by atoms with van der Waals surface area (Å²) in [6.45, 7) is 3.52. The van der Waals surface area contributed by atoms with Crippen LogP contribution < -0.4 is 5.32 Å². The van der Waals surface area contributed by atoms with Crippen LogP contribution in [0.1, 0.15) is 21.6 Å². The quantitative estimate of drug-likeness (QED) is 0.828. The minimum absolute atomic E-state index is 0.0647. The van der Waals surface area contributed by atoms with E-state index in [-0.39, 0.29) is 5.91 Å². The Labute approximate surface area is 136 Å². The highest BCUT2D eigenvalue weighted by molar-refractivity contribution is 7.11. The van der Waals surface area contributed by atoms with Crippen LogP contribution >= 0.6 is 11.3 Å². The van der Waals surface area contributed by atoms with Crippen LogP contribution in [0.5, 0.6) is 0 Å². The lowest BCUT2D eigenvalue weighted by molar-refractivity contribution is -0.116. The van der Waals surface area contributed by atoms with Crippen molar-refractivity contribution >= 4 is 23.3 Å². The monoisotopic (exact) mass is 314 g/mol. The van der Waals surface area contributed by atoms with Gasteiger partial charge in [0, 0.05) is 24.0 Å². The number of nitrogens with one attached hydrogen (secondary N) is 1. The first kappa shape index (κ1) is 16.5. The van der Waals surface area contributed by atoms with Gasteiger partial charge < -0.3 is 10.2 Å². The third kappa shape index (κ3) is 5.13. The molecule has 0 radical (unpaired) electrons. The second-order valence-electron chi connectivity index (χ2n) is 5.57. The van der Waals surface area contributed by atoms with Gasteiger partial charge in [0.25, 0.3) is 0 Å². The molecule has 1 aromatic carbocycles. The molecule has 22 heavy (non-hydrogen) atoms. The SMILES string of the molecule is Cc1ccsc1/C=C/C(=O)NCc1ccc(CN(C)C)cc1. The van der Waals surface area contributed by atoms with E-state index < -0.39 is 0 Å². The van der Waals surface area contributed by atoms with Crippen molar-refractivity contribution in [2.45, 2.75) is 20.0 Å². The molecule has 1 N–H and O–H groups in total. The molecule has 1 heterocycles. The Bertz CT molecular complexity index is 641. The van der Waals surface area contributed by atoms with Gasteiger partial charge in [-0.3, -0.25) is 4.79 Å². The number of nitrogens with zero attached hydrogens (tertiary/aromatic N) is 1. The average molecular weight is 314 g/mol. The summed E-state index contributed by atoms with van der Waals surface area (Å²) in [5, 5.41) is 4.94. The van der Waals surface area contributed by atoms with Crippen molar-refractivity contribution < 1.29 is 4.79 Å². The van der Waals surface area contributed by atoms with Crippen molar-refractivity contribution in [1.82, 2.24) is 10.2 Å². The highest BCUT2D eigenvalue weighted by Crippen LogP contribution is 2.16. The number of carbonyl (C=O) groups is 1. The van der Waals surface area contributed by atoms with Gasteiger partial charge in [0.15, 0.2) is 0 Å². The summed E-state index contributed by atoms with van der Waals surface area (Å²) in [4.78, 5) is 15.1. The fourth-order valence-electron chi connectivity index (χ4n) is 2.08. The molecule has 3 nitrogen and oxygen atoms in total. The minimum Gasteiger partial charge on any atom is -0.348 e. The van der Waals surface area contributed by atoms with Gasteiger partial charge in [0.05, 0.1) is 0 Å². The van der Waals surface area contributed by atoms with Crippen molar-refractivity contribution in [3.05, 3.63) is 63.4 Å². The van der Waals surface area contributed by atoms with Gasteiger partial charge in [-0.15, -0.1) is 11.3 Å². The number of hydrogen-bond acceptors (Lipinski definition) is 3. The fraction of sp³-hybridized carbons (Fsp3) is 0.278. The Morgan fingerprint density at radius 2 is 1.86 bits per heavy atom.